The Kier molecular flexibility index (Phi) is 4.13. The van der Waals surface area contributed by atoms with Crippen molar-refractivity contribution in [1.82, 2.24) is 15.2 Å². The van der Waals surface area contributed by atoms with E-state index in [2.05, 4.69) is 15.2 Å². The molecule has 0 aliphatic carbocycles. The molecule has 1 aromatic heterocycles. The van der Waals surface area contributed by atoms with Crippen LogP contribution in [0.25, 0.3) is 0 Å². The molecule has 0 saturated carbocycles. The number of rotatable bonds is 4. The molecule has 0 spiro atoms. The monoisotopic (exact) mass is 275 g/mol. The van der Waals surface area contributed by atoms with Crippen LogP contribution in [0.4, 0.5) is 0 Å². The second kappa shape index (κ2) is 5.43. The molecule has 2 heterocycles. The molecule has 0 unspecified atom stereocenters. The van der Waals surface area contributed by atoms with Crippen LogP contribution in [0.1, 0.15) is 9.88 Å². The van der Waals surface area contributed by atoms with Gasteiger partial charge in [-0.1, -0.05) is 0 Å². The minimum atomic E-state index is -2.97. The van der Waals surface area contributed by atoms with Crippen molar-refractivity contribution in [3.05, 3.63) is 16.1 Å². The molecule has 1 aromatic rings. The van der Waals surface area contributed by atoms with Crippen LogP contribution >= 0.6 is 11.3 Å². The average molecular weight is 275 g/mol. The zero-order chi connectivity index (χ0) is 12.3. The fourth-order valence-corrected chi connectivity index (χ4v) is 3.96. The van der Waals surface area contributed by atoms with Crippen molar-refractivity contribution in [2.45, 2.75) is 12.3 Å². The lowest BCUT2D eigenvalue weighted by Crippen LogP contribution is -2.42. The molecular weight excluding hydrogens is 258 g/mol. The smallest absolute Gasteiger partial charge is 0.153 e. The Hall–Kier alpha value is -0.500. The van der Waals surface area contributed by atoms with Crippen LogP contribution in [0.2, 0.25) is 0 Å². The highest BCUT2D eigenvalue weighted by atomic mass is 32.2. The van der Waals surface area contributed by atoms with Crippen LogP contribution in [0.5, 0.6) is 0 Å². The van der Waals surface area contributed by atoms with Crippen LogP contribution < -0.4 is 5.32 Å². The second-order valence-corrected chi connectivity index (χ2v) is 7.66. The number of nitrogens with one attached hydrogen (secondary N) is 1. The lowest BCUT2D eigenvalue weighted by Gasteiger charge is -2.26. The van der Waals surface area contributed by atoms with E-state index in [0.717, 1.165) is 37.6 Å². The Labute approximate surface area is 106 Å². The molecule has 2 rings (SSSR count). The lowest BCUT2D eigenvalue weighted by atomic mass is 10.3. The summed E-state index contributed by atoms with van der Waals surface area (Å²) in [5.74, 6) is 0.0548. The topological polar surface area (TPSA) is 62.3 Å². The number of piperazine rings is 1. The first-order valence-corrected chi connectivity index (χ1v) is 8.45. The van der Waals surface area contributed by atoms with Gasteiger partial charge in [-0.15, -0.1) is 11.3 Å². The second-order valence-electron chi connectivity index (χ2n) is 4.32. The van der Waals surface area contributed by atoms with E-state index in [1.807, 2.05) is 0 Å². The highest BCUT2D eigenvalue weighted by molar-refractivity contribution is 7.90. The van der Waals surface area contributed by atoms with E-state index < -0.39 is 9.84 Å². The van der Waals surface area contributed by atoms with Gasteiger partial charge in [-0.05, 0) is 0 Å². The average Bonchev–Trinajstić information content (AvgIpc) is 2.64. The maximum absolute atomic E-state index is 11.1. The maximum Gasteiger partial charge on any atom is 0.153 e. The standard InChI is InChI=1S/C10H17N3O2S2/c1-17(14,15)8-10-12-6-9(16-10)7-13-4-2-11-3-5-13/h6,11H,2-5,7-8H2,1H3. The minimum absolute atomic E-state index is 0.0548. The molecule has 5 nitrogen and oxygen atoms in total. The molecule has 1 N–H and O–H groups in total. The third kappa shape index (κ3) is 4.34. The van der Waals surface area contributed by atoms with Gasteiger partial charge in [0.15, 0.2) is 9.84 Å². The zero-order valence-electron chi connectivity index (χ0n) is 9.85. The summed E-state index contributed by atoms with van der Waals surface area (Å²) in [4.78, 5) is 7.66. The fourth-order valence-electron chi connectivity index (χ4n) is 1.80. The lowest BCUT2D eigenvalue weighted by molar-refractivity contribution is 0.235. The molecular formula is C10H17N3O2S2. The first-order valence-electron chi connectivity index (χ1n) is 5.57. The summed E-state index contributed by atoms with van der Waals surface area (Å²) >= 11 is 1.50. The Balaban J connectivity index is 1.93. The molecule has 1 saturated heterocycles. The third-order valence-corrected chi connectivity index (χ3v) is 4.54. The van der Waals surface area contributed by atoms with Crippen molar-refractivity contribution in [2.24, 2.45) is 0 Å². The predicted octanol–water partition coefficient (Wildman–Crippen LogP) is 0.0929. The van der Waals surface area contributed by atoms with E-state index in [-0.39, 0.29) is 5.75 Å². The predicted molar refractivity (Wildman–Crippen MR) is 68.8 cm³/mol. The fraction of sp³-hybridized carbons (Fsp3) is 0.700. The van der Waals surface area contributed by atoms with Crippen LogP contribution in [0.3, 0.4) is 0 Å². The van der Waals surface area contributed by atoms with Gasteiger partial charge >= 0.3 is 0 Å². The number of nitrogens with zero attached hydrogens (tertiary/aromatic N) is 2. The van der Waals surface area contributed by atoms with E-state index in [4.69, 9.17) is 0 Å². The van der Waals surface area contributed by atoms with E-state index in [9.17, 15) is 8.42 Å². The zero-order valence-corrected chi connectivity index (χ0v) is 11.5. The molecule has 1 fully saturated rings. The molecule has 0 atom stereocenters. The van der Waals surface area contributed by atoms with Crippen molar-refractivity contribution in [3.8, 4) is 0 Å². The third-order valence-electron chi connectivity index (χ3n) is 2.58. The van der Waals surface area contributed by atoms with Gasteiger partial charge in [0.2, 0.25) is 0 Å². The molecule has 7 heteroatoms. The van der Waals surface area contributed by atoms with Gasteiger partial charge < -0.3 is 5.32 Å². The quantitative estimate of drug-likeness (QED) is 0.844. The van der Waals surface area contributed by atoms with Gasteiger partial charge in [0.1, 0.15) is 10.8 Å². The van der Waals surface area contributed by atoms with E-state index in [0.29, 0.717) is 5.01 Å². The first kappa shape index (κ1) is 12.9. The molecule has 0 bridgehead atoms. The van der Waals surface area contributed by atoms with E-state index in [1.165, 1.54) is 17.6 Å². The van der Waals surface area contributed by atoms with Gasteiger partial charge in [0.25, 0.3) is 0 Å². The molecule has 96 valence electrons. The Morgan fingerprint density at radius 3 is 2.82 bits per heavy atom. The Bertz CT molecular complexity index is 464. The van der Waals surface area contributed by atoms with Gasteiger partial charge in [0, 0.05) is 50.1 Å². The molecule has 17 heavy (non-hydrogen) atoms. The summed E-state index contributed by atoms with van der Waals surface area (Å²) < 4.78 is 22.3. The summed E-state index contributed by atoms with van der Waals surface area (Å²) in [6.07, 6.45) is 3.04. The molecule has 0 radical (unpaired) electrons. The summed E-state index contributed by atoms with van der Waals surface area (Å²) in [6.45, 7) is 5.01. The number of hydrogen-bond acceptors (Lipinski definition) is 6. The van der Waals surface area contributed by atoms with Gasteiger partial charge in [-0.3, -0.25) is 4.90 Å². The van der Waals surface area contributed by atoms with Crippen molar-refractivity contribution < 1.29 is 8.42 Å². The number of hydrogen-bond donors (Lipinski definition) is 1. The molecule has 0 aromatic carbocycles. The number of thiazole rings is 1. The minimum Gasteiger partial charge on any atom is -0.314 e. The highest BCUT2D eigenvalue weighted by Gasteiger charge is 2.13. The Morgan fingerprint density at radius 1 is 1.47 bits per heavy atom. The highest BCUT2D eigenvalue weighted by Crippen LogP contribution is 2.17. The summed E-state index contributed by atoms with van der Waals surface area (Å²) in [5.41, 5.74) is 0. The van der Waals surface area contributed by atoms with Crippen LogP contribution in [-0.4, -0.2) is 50.7 Å². The van der Waals surface area contributed by atoms with Crippen molar-refractivity contribution in [1.29, 1.82) is 0 Å². The Morgan fingerprint density at radius 2 is 2.18 bits per heavy atom. The van der Waals surface area contributed by atoms with Crippen molar-refractivity contribution in [2.75, 3.05) is 32.4 Å². The summed E-state index contributed by atoms with van der Waals surface area (Å²) in [5, 5.41) is 4.00. The first-order chi connectivity index (χ1) is 8.03. The normalized spacial score (nSPS) is 18.4. The van der Waals surface area contributed by atoms with Gasteiger partial charge in [-0.2, -0.15) is 0 Å². The number of aromatic nitrogens is 1. The van der Waals surface area contributed by atoms with E-state index in [1.54, 1.807) is 6.20 Å². The van der Waals surface area contributed by atoms with E-state index >= 15 is 0 Å². The van der Waals surface area contributed by atoms with Gasteiger partial charge in [0.05, 0.1) is 0 Å². The molecule has 1 aliphatic rings. The molecule has 1 aliphatic heterocycles. The van der Waals surface area contributed by atoms with Crippen LogP contribution in [0, 0.1) is 0 Å². The van der Waals surface area contributed by atoms with Gasteiger partial charge in [-0.25, -0.2) is 13.4 Å². The SMILES string of the molecule is CS(=O)(=O)Cc1ncc(CN2CCNCC2)s1. The van der Waals surface area contributed by atoms with Crippen LogP contribution in [-0.2, 0) is 22.1 Å². The largest absolute Gasteiger partial charge is 0.314 e. The maximum atomic E-state index is 11.1. The molecule has 0 amide bonds. The summed E-state index contributed by atoms with van der Waals surface area (Å²) in [7, 11) is -2.97. The van der Waals surface area contributed by atoms with Crippen molar-refractivity contribution >= 4 is 21.2 Å². The number of sulfone groups is 1. The van der Waals surface area contributed by atoms with Crippen LogP contribution in [0.15, 0.2) is 6.20 Å². The summed E-state index contributed by atoms with van der Waals surface area (Å²) in [6, 6.07) is 0. The van der Waals surface area contributed by atoms with Crippen molar-refractivity contribution in [3.63, 3.8) is 0 Å².